The molecule has 11 heteroatoms. The molecule has 0 saturated heterocycles. The molecule has 180 valence electrons. The topological polar surface area (TPSA) is 112 Å². The van der Waals surface area contributed by atoms with Gasteiger partial charge < -0.3 is 19.2 Å². The molecule has 1 aromatic heterocycles. The molecule has 2 aromatic rings. The number of carbonyl (C=O) groups is 3. The first kappa shape index (κ1) is 25.3. The summed E-state index contributed by atoms with van der Waals surface area (Å²) in [4.78, 5) is 40.3. The van der Waals surface area contributed by atoms with Gasteiger partial charge in [-0.15, -0.1) is 0 Å². The Hall–Kier alpha value is -3.34. The van der Waals surface area contributed by atoms with Crippen LogP contribution in [0.3, 0.4) is 0 Å². The van der Waals surface area contributed by atoms with E-state index in [0.29, 0.717) is 11.1 Å². The number of hydrogen-bond acceptors (Lipinski definition) is 8. The third-order valence-electron chi connectivity index (χ3n) is 5.25. The van der Waals surface area contributed by atoms with Crippen LogP contribution in [0.25, 0.3) is 0 Å². The number of ketones is 1. The van der Waals surface area contributed by atoms with E-state index in [2.05, 4.69) is 4.98 Å². The Kier molecular flexibility index (Phi) is 8.33. The standard InChI is InChI=1S/C23H24BF2NO7/c1-23(25,26)8-7-18(28)12-17-11-16-5-2-6-19(21(16)34-24(17)31)22(30)33-14-32-20(29)10-15-4-3-9-27-13-15/h2-6,9,13,17,31H,7-8,10-12,14H2,1H3/t17-/m1/s1. The fourth-order valence-corrected chi connectivity index (χ4v) is 3.52. The largest absolute Gasteiger partial charge is 0.535 e. The highest BCUT2D eigenvalue weighted by atomic mass is 19.3. The van der Waals surface area contributed by atoms with E-state index in [1.807, 2.05) is 0 Å². The van der Waals surface area contributed by atoms with E-state index in [-0.39, 0.29) is 37.0 Å². The number of Topliss-reactive ketones (excluding diaryl/α,β-unsaturated/α-hetero) is 1. The third kappa shape index (κ3) is 7.34. The van der Waals surface area contributed by atoms with E-state index < -0.39 is 49.8 Å². The quantitative estimate of drug-likeness (QED) is 0.317. The first-order chi connectivity index (χ1) is 16.1. The van der Waals surface area contributed by atoms with Gasteiger partial charge in [-0.1, -0.05) is 18.2 Å². The Bertz CT molecular complexity index is 1030. The molecule has 0 fully saturated rings. The van der Waals surface area contributed by atoms with Gasteiger partial charge in [0.2, 0.25) is 12.7 Å². The van der Waals surface area contributed by atoms with Crippen LogP contribution in [0.1, 0.15) is 47.7 Å². The van der Waals surface area contributed by atoms with Crippen LogP contribution >= 0.6 is 0 Å². The summed E-state index contributed by atoms with van der Waals surface area (Å²) in [5.41, 5.74) is 1.23. The van der Waals surface area contributed by atoms with Crippen molar-refractivity contribution in [1.82, 2.24) is 4.98 Å². The second-order valence-corrected chi connectivity index (χ2v) is 8.18. The average molecular weight is 475 g/mol. The number of halogens is 2. The van der Waals surface area contributed by atoms with E-state index in [4.69, 9.17) is 14.1 Å². The van der Waals surface area contributed by atoms with Crippen molar-refractivity contribution in [3.05, 3.63) is 59.4 Å². The van der Waals surface area contributed by atoms with Gasteiger partial charge >= 0.3 is 19.1 Å². The first-order valence-electron chi connectivity index (χ1n) is 10.7. The number of benzene rings is 1. The lowest BCUT2D eigenvalue weighted by atomic mass is 9.64. The van der Waals surface area contributed by atoms with Crippen LogP contribution in [-0.2, 0) is 31.9 Å². The molecular formula is C23H24BF2NO7. The molecule has 0 unspecified atom stereocenters. The predicted octanol–water partition coefficient (Wildman–Crippen LogP) is 3.16. The van der Waals surface area contributed by atoms with Crippen molar-refractivity contribution in [2.75, 3.05) is 6.79 Å². The monoisotopic (exact) mass is 475 g/mol. The normalized spacial score (nSPS) is 15.2. The van der Waals surface area contributed by atoms with Gasteiger partial charge in [-0.3, -0.25) is 14.6 Å². The van der Waals surface area contributed by atoms with Crippen LogP contribution in [0.2, 0.25) is 5.82 Å². The molecule has 34 heavy (non-hydrogen) atoms. The molecule has 2 heterocycles. The number of fused-ring (bicyclic) bond motifs is 1. The van der Waals surface area contributed by atoms with Crippen LogP contribution < -0.4 is 4.65 Å². The predicted molar refractivity (Wildman–Crippen MR) is 116 cm³/mol. The highest BCUT2D eigenvalue weighted by Gasteiger charge is 2.38. The Labute approximate surface area is 195 Å². The minimum Gasteiger partial charge on any atom is -0.535 e. The fourth-order valence-electron chi connectivity index (χ4n) is 3.52. The van der Waals surface area contributed by atoms with E-state index in [0.717, 1.165) is 6.92 Å². The number of rotatable bonds is 10. The maximum Gasteiger partial charge on any atom is 0.526 e. The molecule has 1 aromatic carbocycles. The number of para-hydroxylation sites is 1. The first-order valence-corrected chi connectivity index (χ1v) is 10.7. The van der Waals surface area contributed by atoms with Crippen molar-refractivity contribution >= 4 is 24.8 Å². The lowest BCUT2D eigenvalue weighted by molar-refractivity contribution is -0.151. The maximum absolute atomic E-state index is 13.0. The van der Waals surface area contributed by atoms with Crippen molar-refractivity contribution in [1.29, 1.82) is 0 Å². The van der Waals surface area contributed by atoms with Crippen LogP contribution in [0, 0.1) is 0 Å². The minimum absolute atomic E-state index is 0.0234. The maximum atomic E-state index is 13.0. The zero-order valence-corrected chi connectivity index (χ0v) is 18.5. The number of hydrogen-bond donors (Lipinski definition) is 1. The van der Waals surface area contributed by atoms with Crippen molar-refractivity contribution in [2.45, 2.75) is 50.8 Å². The highest BCUT2D eigenvalue weighted by molar-refractivity contribution is 6.47. The highest BCUT2D eigenvalue weighted by Crippen LogP contribution is 2.37. The molecule has 0 bridgehead atoms. The van der Waals surface area contributed by atoms with Gasteiger partial charge in [-0.25, -0.2) is 13.6 Å². The molecule has 0 aliphatic carbocycles. The zero-order valence-electron chi connectivity index (χ0n) is 18.5. The fraction of sp³-hybridized carbons (Fsp3) is 0.391. The molecular weight excluding hydrogens is 451 g/mol. The molecule has 3 rings (SSSR count). The van der Waals surface area contributed by atoms with Crippen LogP contribution in [0.15, 0.2) is 42.7 Å². The second kappa shape index (κ2) is 11.2. The number of aromatic nitrogens is 1. The van der Waals surface area contributed by atoms with Crippen molar-refractivity contribution < 1.29 is 42.3 Å². The van der Waals surface area contributed by atoms with Crippen molar-refractivity contribution in [3.63, 3.8) is 0 Å². The zero-order chi connectivity index (χ0) is 24.7. The Balaban J connectivity index is 1.55. The number of esters is 2. The van der Waals surface area contributed by atoms with E-state index in [9.17, 15) is 28.2 Å². The Morgan fingerprint density at radius 1 is 1.24 bits per heavy atom. The molecule has 0 spiro atoms. The van der Waals surface area contributed by atoms with Gasteiger partial charge in [0.15, 0.2) is 0 Å². The summed E-state index contributed by atoms with van der Waals surface area (Å²) in [6.45, 7) is 0.140. The van der Waals surface area contributed by atoms with Crippen molar-refractivity contribution in [3.8, 4) is 5.75 Å². The van der Waals surface area contributed by atoms with E-state index in [1.165, 1.54) is 12.3 Å². The summed E-state index contributed by atoms with van der Waals surface area (Å²) in [6.07, 6.45) is 2.29. The van der Waals surface area contributed by atoms with Gasteiger partial charge in [0.25, 0.3) is 0 Å². The summed E-state index contributed by atoms with van der Waals surface area (Å²) in [5, 5.41) is 10.3. The smallest absolute Gasteiger partial charge is 0.526 e. The summed E-state index contributed by atoms with van der Waals surface area (Å²) in [5.74, 6) is -5.29. The molecule has 8 nitrogen and oxygen atoms in total. The van der Waals surface area contributed by atoms with Crippen molar-refractivity contribution in [2.24, 2.45) is 0 Å². The molecule has 1 aliphatic heterocycles. The number of carbonyl (C=O) groups excluding carboxylic acids is 3. The van der Waals surface area contributed by atoms with E-state index in [1.54, 1.807) is 30.5 Å². The van der Waals surface area contributed by atoms with Crippen LogP contribution in [0.5, 0.6) is 5.75 Å². The summed E-state index contributed by atoms with van der Waals surface area (Å²) >= 11 is 0. The minimum atomic E-state index is -2.94. The summed E-state index contributed by atoms with van der Waals surface area (Å²) in [6, 6.07) is 8.07. The summed E-state index contributed by atoms with van der Waals surface area (Å²) < 4.78 is 41.4. The van der Waals surface area contributed by atoms with Gasteiger partial charge in [-0.05, 0) is 36.6 Å². The number of alkyl halides is 2. The molecule has 0 amide bonds. The van der Waals surface area contributed by atoms with Gasteiger partial charge in [-0.2, -0.15) is 0 Å². The lowest BCUT2D eigenvalue weighted by Gasteiger charge is -2.28. The van der Waals surface area contributed by atoms with Crippen LogP contribution in [-0.4, -0.2) is 47.6 Å². The average Bonchev–Trinajstić information content (AvgIpc) is 2.78. The van der Waals surface area contributed by atoms with Gasteiger partial charge in [0.05, 0.1) is 6.42 Å². The number of ether oxygens (including phenoxy) is 2. The summed E-state index contributed by atoms with van der Waals surface area (Å²) in [7, 11) is -1.40. The molecule has 1 aliphatic rings. The molecule has 1 N–H and O–H groups in total. The SMILES string of the molecule is CC(F)(F)CCC(=O)C[C@H]1Cc2cccc(C(=O)OCOC(=O)Cc3cccnc3)c2OB1O. The third-order valence-corrected chi connectivity index (χ3v) is 5.25. The number of pyridine rings is 1. The molecule has 1 atom stereocenters. The molecule has 0 saturated carbocycles. The Morgan fingerprint density at radius 3 is 2.74 bits per heavy atom. The van der Waals surface area contributed by atoms with E-state index >= 15 is 0 Å². The number of nitrogens with zero attached hydrogens (tertiary/aromatic N) is 1. The molecule has 0 radical (unpaired) electrons. The van der Waals surface area contributed by atoms with Gasteiger partial charge in [0, 0.05) is 37.5 Å². The van der Waals surface area contributed by atoms with Crippen LogP contribution in [0.4, 0.5) is 8.78 Å². The second-order valence-electron chi connectivity index (χ2n) is 8.18. The Morgan fingerprint density at radius 2 is 2.03 bits per heavy atom. The van der Waals surface area contributed by atoms with Gasteiger partial charge in [0.1, 0.15) is 17.1 Å². The lowest BCUT2D eigenvalue weighted by Crippen LogP contribution is -2.36.